The molecule has 5 rings (SSSR count). The fourth-order valence-electron chi connectivity index (χ4n) is 5.92. The van der Waals surface area contributed by atoms with Gasteiger partial charge in [-0.15, -0.1) is 0 Å². The van der Waals surface area contributed by atoms with Crippen molar-refractivity contribution >= 4 is 23.2 Å². The zero-order valence-electron chi connectivity index (χ0n) is 26.3. The van der Waals surface area contributed by atoms with Crippen molar-refractivity contribution in [1.82, 2.24) is 0 Å². The number of hydrogen-bond acceptors (Lipinski definition) is 2. The van der Waals surface area contributed by atoms with Crippen LogP contribution in [-0.2, 0) is 16.2 Å². The monoisotopic (exact) mass is 601 g/mol. The molecule has 224 valence electrons. The van der Waals surface area contributed by atoms with E-state index in [1.165, 1.54) is 0 Å². The van der Waals surface area contributed by atoms with Crippen LogP contribution in [0.4, 0.5) is 5.69 Å². The van der Waals surface area contributed by atoms with E-state index in [4.69, 9.17) is 11.6 Å². The normalized spacial score (nSPS) is 12.2. The third kappa shape index (κ3) is 5.89. The van der Waals surface area contributed by atoms with E-state index in [1.54, 1.807) is 6.07 Å². The van der Waals surface area contributed by atoms with E-state index in [0.29, 0.717) is 10.7 Å². The maximum atomic E-state index is 13.8. The zero-order valence-corrected chi connectivity index (χ0v) is 27.0. The summed E-state index contributed by atoms with van der Waals surface area (Å²) in [7, 11) is 0. The first-order valence-corrected chi connectivity index (χ1v) is 15.4. The van der Waals surface area contributed by atoms with E-state index in [2.05, 4.69) is 98.9 Å². The molecule has 0 bridgehead atoms. The molecule has 44 heavy (non-hydrogen) atoms. The lowest BCUT2D eigenvalue weighted by atomic mass is 9.65. The molecule has 3 nitrogen and oxygen atoms in total. The second-order valence-electron chi connectivity index (χ2n) is 13.4. The highest BCUT2D eigenvalue weighted by Crippen LogP contribution is 2.46. The van der Waals surface area contributed by atoms with Crippen LogP contribution in [-0.4, -0.2) is 11.0 Å². The summed E-state index contributed by atoms with van der Waals surface area (Å²) in [6.07, 6.45) is 0. The first-order chi connectivity index (χ1) is 20.8. The van der Waals surface area contributed by atoms with Crippen LogP contribution in [0.25, 0.3) is 0 Å². The molecule has 0 heterocycles. The van der Waals surface area contributed by atoms with E-state index in [1.807, 2.05) is 63.2 Å². The SMILES string of the molecule is CC(C)(C)c1cc(C(=O)Nc2ccc(C(c3ccccc3)(c3ccccc3)c3ccccc3)cc2Cl)c(O)c(C(C)(C)C)c1. The summed E-state index contributed by atoms with van der Waals surface area (Å²) in [6.45, 7) is 12.4. The smallest absolute Gasteiger partial charge is 0.259 e. The second kappa shape index (κ2) is 12.0. The highest BCUT2D eigenvalue weighted by atomic mass is 35.5. The van der Waals surface area contributed by atoms with Crippen LogP contribution in [0.1, 0.15) is 85.3 Å². The molecule has 0 aromatic heterocycles. The van der Waals surface area contributed by atoms with E-state index in [-0.39, 0.29) is 22.1 Å². The van der Waals surface area contributed by atoms with Crippen molar-refractivity contribution in [2.45, 2.75) is 57.8 Å². The summed E-state index contributed by atoms with van der Waals surface area (Å²) in [4.78, 5) is 13.8. The number of phenols is 1. The summed E-state index contributed by atoms with van der Waals surface area (Å²) < 4.78 is 0. The third-order valence-electron chi connectivity index (χ3n) is 8.30. The Balaban J connectivity index is 1.63. The van der Waals surface area contributed by atoms with Gasteiger partial charge in [-0.25, -0.2) is 0 Å². The predicted octanol–water partition coefficient (Wildman–Crippen LogP) is 10.3. The van der Waals surface area contributed by atoms with Gasteiger partial charge in [0.1, 0.15) is 5.75 Å². The van der Waals surface area contributed by atoms with Gasteiger partial charge in [0.2, 0.25) is 0 Å². The highest BCUT2D eigenvalue weighted by molar-refractivity contribution is 6.34. The first-order valence-electron chi connectivity index (χ1n) is 15.0. The number of phenolic OH excluding ortho intramolecular Hbond substituents is 1. The van der Waals surface area contributed by atoms with Gasteiger partial charge in [0.05, 0.1) is 21.7 Å². The van der Waals surface area contributed by atoms with Gasteiger partial charge in [-0.3, -0.25) is 4.79 Å². The average Bonchev–Trinajstić information content (AvgIpc) is 2.99. The van der Waals surface area contributed by atoms with Crippen molar-refractivity contribution in [2.75, 3.05) is 5.32 Å². The molecule has 2 N–H and O–H groups in total. The Morgan fingerprint density at radius 2 is 1.07 bits per heavy atom. The molecular weight excluding hydrogens is 562 g/mol. The molecule has 0 aliphatic rings. The van der Waals surface area contributed by atoms with Gasteiger partial charge in [-0.2, -0.15) is 0 Å². The first kappa shape index (κ1) is 31.1. The van der Waals surface area contributed by atoms with Gasteiger partial charge in [0.15, 0.2) is 0 Å². The van der Waals surface area contributed by atoms with Crippen molar-refractivity contribution in [3.63, 3.8) is 0 Å². The molecule has 5 aromatic rings. The van der Waals surface area contributed by atoms with Crippen LogP contribution in [0.15, 0.2) is 121 Å². The molecule has 0 radical (unpaired) electrons. The number of halogens is 1. The van der Waals surface area contributed by atoms with Gasteiger partial charge in [0.25, 0.3) is 5.91 Å². The van der Waals surface area contributed by atoms with E-state index in [9.17, 15) is 9.90 Å². The quantitative estimate of drug-likeness (QED) is 0.190. The van der Waals surface area contributed by atoms with Crippen LogP contribution in [0.5, 0.6) is 5.75 Å². The third-order valence-corrected chi connectivity index (χ3v) is 8.61. The number of aromatic hydroxyl groups is 1. The van der Waals surface area contributed by atoms with Crippen LogP contribution in [0.2, 0.25) is 5.02 Å². The predicted molar refractivity (Wildman–Crippen MR) is 183 cm³/mol. The minimum Gasteiger partial charge on any atom is -0.507 e. The van der Waals surface area contributed by atoms with Crippen LogP contribution in [0, 0.1) is 0 Å². The minimum atomic E-state index is -0.656. The Bertz CT molecular complexity index is 1670. The summed E-state index contributed by atoms with van der Waals surface area (Å²) in [5.74, 6) is -0.416. The van der Waals surface area contributed by atoms with Crippen LogP contribution >= 0.6 is 11.6 Å². The molecule has 0 aliphatic carbocycles. The topological polar surface area (TPSA) is 49.3 Å². The molecule has 0 unspecified atom stereocenters. The Kier molecular flexibility index (Phi) is 8.46. The second-order valence-corrected chi connectivity index (χ2v) is 13.8. The van der Waals surface area contributed by atoms with Crippen molar-refractivity contribution in [3.05, 3.63) is 165 Å². The van der Waals surface area contributed by atoms with Gasteiger partial charge < -0.3 is 10.4 Å². The molecule has 0 spiro atoms. The van der Waals surface area contributed by atoms with Crippen molar-refractivity contribution in [3.8, 4) is 5.75 Å². The number of benzene rings is 5. The van der Waals surface area contributed by atoms with E-state index >= 15 is 0 Å². The van der Waals surface area contributed by atoms with Gasteiger partial charge in [-0.05, 0) is 56.8 Å². The Hall–Kier alpha value is -4.34. The number of anilines is 1. The van der Waals surface area contributed by atoms with Crippen molar-refractivity contribution in [2.24, 2.45) is 0 Å². The zero-order chi connectivity index (χ0) is 31.7. The number of carbonyl (C=O) groups excluding carboxylic acids is 1. The lowest BCUT2D eigenvalue weighted by molar-refractivity contribution is 0.102. The summed E-state index contributed by atoms with van der Waals surface area (Å²) in [5, 5.41) is 14.7. The van der Waals surface area contributed by atoms with Gasteiger partial charge in [0, 0.05) is 5.56 Å². The molecule has 0 saturated heterocycles. The minimum absolute atomic E-state index is 0.00741. The summed E-state index contributed by atoms with van der Waals surface area (Å²) >= 11 is 7.00. The lowest BCUT2D eigenvalue weighted by Gasteiger charge is -2.37. The highest BCUT2D eigenvalue weighted by Gasteiger charge is 2.38. The van der Waals surface area contributed by atoms with Crippen molar-refractivity contribution < 1.29 is 9.90 Å². The van der Waals surface area contributed by atoms with Crippen LogP contribution < -0.4 is 5.32 Å². The number of hydrogen-bond donors (Lipinski definition) is 2. The summed E-state index contributed by atoms with van der Waals surface area (Å²) in [5.41, 5.74) is 5.47. The molecular formula is C40H40ClNO2. The fourth-order valence-corrected chi connectivity index (χ4v) is 6.14. The van der Waals surface area contributed by atoms with Gasteiger partial charge in [-0.1, -0.05) is 156 Å². The molecule has 0 fully saturated rings. The Labute approximate surface area is 266 Å². The van der Waals surface area contributed by atoms with Gasteiger partial charge >= 0.3 is 0 Å². The maximum absolute atomic E-state index is 13.8. The number of amides is 1. The summed E-state index contributed by atoms with van der Waals surface area (Å²) in [6, 6.07) is 40.8. The standard InChI is InChI=1S/C40H40ClNO2/c1-38(2,3)31-24-32(36(43)33(25-31)39(4,5)6)37(44)42-35-23-22-30(26-34(35)41)40(27-16-10-7-11-17-27,28-18-12-8-13-19-28)29-20-14-9-15-21-29/h7-26,43H,1-6H3,(H,42,44). The van der Waals surface area contributed by atoms with E-state index < -0.39 is 11.3 Å². The van der Waals surface area contributed by atoms with Crippen LogP contribution in [0.3, 0.4) is 0 Å². The molecule has 0 saturated carbocycles. The lowest BCUT2D eigenvalue weighted by Crippen LogP contribution is -2.31. The maximum Gasteiger partial charge on any atom is 0.259 e. The average molecular weight is 602 g/mol. The number of carbonyl (C=O) groups is 1. The fraction of sp³-hybridized carbons (Fsp3) is 0.225. The van der Waals surface area contributed by atoms with E-state index in [0.717, 1.165) is 33.4 Å². The van der Waals surface area contributed by atoms with Crippen molar-refractivity contribution in [1.29, 1.82) is 0 Å². The number of nitrogens with one attached hydrogen (secondary N) is 1. The molecule has 5 aromatic carbocycles. The molecule has 1 amide bonds. The molecule has 0 atom stereocenters. The Morgan fingerprint density at radius 3 is 1.48 bits per heavy atom. The number of rotatable bonds is 6. The molecule has 0 aliphatic heterocycles. The largest absolute Gasteiger partial charge is 0.507 e. The molecule has 4 heteroatoms. The Morgan fingerprint density at radius 1 is 0.591 bits per heavy atom.